The minimum Gasteiger partial charge on any atom is -0.379 e. The molecule has 2 rings (SSSR count). The van der Waals surface area contributed by atoms with Gasteiger partial charge in [-0.15, -0.1) is 0 Å². The third-order valence-corrected chi connectivity index (χ3v) is 2.90. The summed E-state index contributed by atoms with van der Waals surface area (Å²) in [6, 6.07) is 10.9. The van der Waals surface area contributed by atoms with Crippen LogP contribution in [0.15, 0.2) is 47.1 Å². The Bertz CT molecular complexity index is 537. The van der Waals surface area contributed by atoms with Crippen molar-refractivity contribution in [2.45, 2.75) is 6.54 Å². The van der Waals surface area contributed by atoms with E-state index in [-0.39, 0.29) is 0 Å². The van der Waals surface area contributed by atoms with Gasteiger partial charge in [-0.05, 0) is 52.3 Å². The zero-order valence-electron chi connectivity index (χ0n) is 9.56. The predicted octanol–water partition coefficient (Wildman–Crippen LogP) is 2.56. The molecule has 0 aliphatic carbocycles. The average molecular weight is 306 g/mol. The molecule has 0 aliphatic rings. The fourth-order valence-electron chi connectivity index (χ4n) is 1.46. The van der Waals surface area contributed by atoms with Crippen LogP contribution in [0, 0.1) is 0 Å². The van der Waals surface area contributed by atoms with Gasteiger partial charge in [0, 0.05) is 21.9 Å². The molecule has 0 radical (unpaired) electrons. The molecule has 1 amide bonds. The number of halogens is 1. The fourth-order valence-corrected chi connectivity index (χ4v) is 1.69. The van der Waals surface area contributed by atoms with Crippen LogP contribution in [0.3, 0.4) is 0 Å². The summed E-state index contributed by atoms with van der Waals surface area (Å²) in [7, 11) is 0. The molecule has 0 aliphatic heterocycles. The van der Waals surface area contributed by atoms with Crippen LogP contribution < -0.4 is 11.1 Å². The van der Waals surface area contributed by atoms with Crippen molar-refractivity contribution in [2.24, 2.45) is 5.73 Å². The number of primary amides is 1. The van der Waals surface area contributed by atoms with Crippen molar-refractivity contribution in [3.05, 3.63) is 58.3 Å². The molecule has 18 heavy (non-hydrogen) atoms. The third kappa shape index (κ3) is 3.30. The summed E-state index contributed by atoms with van der Waals surface area (Å²) in [6.07, 6.45) is 1.76. The van der Waals surface area contributed by atoms with Crippen molar-refractivity contribution in [3.63, 3.8) is 0 Å². The molecule has 1 aromatic carbocycles. The number of carbonyl (C=O) groups is 1. The molecule has 4 nitrogen and oxygen atoms in total. The van der Waals surface area contributed by atoms with Gasteiger partial charge >= 0.3 is 0 Å². The first-order chi connectivity index (χ1) is 8.65. The molecule has 0 fully saturated rings. The lowest BCUT2D eigenvalue weighted by atomic mass is 10.2. The Morgan fingerprint density at radius 2 is 1.94 bits per heavy atom. The second kappa shape index (κ2) is 5.64. The molecular weight excluding hydrogens is 294 g/mol. The summed E-state index contributed by atoms with van der Waals surface area (Å²) >= 11 is 3.34. The van der Waals surface area contributed by atoms with Gasteiger partial charge in [-0.25, -0.2) is 0 Å². The van der Waals surface area contributed by atoms with Crippen LogP contribution in [0.1, 0.15) is 16.1 Å². The number of nitrogens with zero attached hydrogens (tertiary/aromatic N) is 1. The van der Waals surface area contributed by atoms with E-state index in [9.17, 15) is 4.79 Å². The Morgan fingerprint density at radius 3 is 2.50 bits per heavy atom. The van der Waals surface area contributed by atoms with Crippen LogP contribution in [-0.2, 0) is 6.54 Å². The number of nitrogens with one attached hydrogen (secondary N) is 1. The molecule has 0 bridgehead atoms. The molecule has 2 aromatic rings. The van der Waals surface area contributed by atoms with Gasteiger partial charge in [-0.1, -0.05) is 0 Å². The minimum atomic E-state index is -0.420. The highest BCUT2D eigenvalue weighted by Crippen LogP contribution is 2.12. The number of hydrogen-bond donors (Lipinski definition) is 2. The van der Waals surface area contributed by atoms with Gasteiger partial charge in [0.1, 0.15) is 0 Å². The van der Waals surface area contributed by atoms with Crippen molar-refractivity contribution >= 4 is 27.5 Å². The Hall–Kier alpha value is -1.88. The number of rotatable bonds is 4. The second-order valence-corrected chi connectivity index (χ2v) is 4.68. The number of aromatic nitrogens is 1. The van der Waals surface area contributed by atoms with Gasteiger partial charge in [-0.2, -0.15) is 0 Å². The van der Waals surface area contributed by atoms with E-state index in [1.807, 2.05) is 24.3 Å². The van der Waals surface area contributed by atoms with E-state index in [2.05, 4.69) is 26.2 Å². The Labute approximate surface area is 113 Å². The van der Waals surface area contributed by atoms with E-state index < -0.39 is 5.91 Å². The van der Waals surface area contributed by atoms with E-state index >= 15 is 0 Å². The lowest BCUT2D eigenvalue weighted by molar-refractivity contribution is 0.100. The molecule has 1 heterocycles. The number of carbonyl (C=O) groups excluding carboxylic acids is 1. The average Bonchev–Trinajstić information content (AvgIpc) is 2.38. The van der Waals surface area contributed by atoms with Crippen molar-refractivity contribution in [2.75, 3.05) is 5.32 Å². The maximum absolute atomic E-state index is 10.9. The molecule has 0 saturated heterocycles. The van der Waals surface area contributed by atoms with Crippen molar-refractivity contribution in [3.8, 4) is 0 Å². The van der Waals surface area contributed by atoms with Crippen molar-refractivity contribution in [1.82, 2.24) is 4.98 Å². The van der Waals surface area contributed by atoms with Crippen LogP contribution in [-0.4, -0.2) is 10.9 Å². The van der Waals surface area contributed by atoms with Crippen LogP contribution in [0.25, 0.3) is 0 Å². The van der Waals surface area contributed by atoms with E-state index in [4.69, 9.17) is 5.73 Å². The van der Waals surface area contributed by atoms with E-state index in [0.717, 1.165) is 15.9 Å². The Balaban J connectivity index is 1.97. The molecule has 92 valence electrons. The molecule has 5 heteroatoms. The molecular formula is C13H12BrN3O. The maximum Gasteiger partial charge on any atom is 0.248 e. The number of pyridine rings is 1. The summed E-state index contributed by atoms with van der Waals surface area (Å²) in [6.45, 7) is 0.628. The molecule has 3 N–H and O–H groups in total. The zero-order valence-corrected chi connectivity index (χ0v) is 11.1. The Morgan fingerprint density at radius 1 is 1.22 bits per heavy atom. The topological polar surface area (TPSA) is 68.0 Å². The summed E-state index contributed by atoms with van der Waals surface area (Å²) < 4.78 is 0.956. The van der Waals surface area contributed by atoms with Crippen LogP contribution in [0.5, 0.6) is 0 Å². The van der Waals surface area contributed by atoms with Gasteiger partial charge in [-0.3, -0.25) is 9.78 Å². The highest BCUT2D eigenvalue weighted by atomic mass is 79.9. The van der Waals surface area contributed by atoms with Gasteiger partial charge in [0.15, 0.2) is 0 Å². The Kier molecular flexibility index (Phi) is 3.94. The predicted molar refractivity (Wildman–Crippen MR) is 74.2 cm³/mol. The number of anilines is 1. The number of hydrogen-bond acceptors (Lipinski definition) is 3. The first-order valence-electron chi connectivity index (χ1n) is 5.39. The SMILES string of the molecule is NC(=O)c1ccc(NCc2ccc(Br)cn2)cc1. The smallest absolute Gasteiger partial charge is 0.248 e. The normalized spacial score (nSPS) is 10.1. The first kappa shape index (κ1) is 12.6. The summed E-state index contributed by atoms with van der Waals surface area (Å²) in [5, 5.41) is 3.22. The second-order valence-electron chi connectivity index (χ2n) is 3.76. The van der Waals surface area contributed by atoms with E-state index in [1.54, 1.807) is 18.3 Å². The van der Waals surface area contributed by atoms with Crippen molar-refractivity contribution < 1.29 is 4.79 Å². The van der Waals surface area contributed by atoms with Gasteiger partial charge < -0.3 is 11.1 Å². The third-order valence-electron chi connectivity index (χ3n) is 2.43. The van der Waals surface area contributed by atoms with Crippen molar-refractivity contribution in [1.29, 1.82) is 0 Å². The van der Waals surface area contributed by atoms with Gasteiger partial charge in [0.2, 0.25) is 5.91 Å². The lowest BCUT2D eigenvalue weighted by Gasteiger charge is -2.06. The van der Waals surface area contributed by atoms with Crippen LogP contribution in [0.2, 0.25) is 0 Å². The molecule has 0 saturated carbocycles. The quantitative estimate of drug-likeness (QED) is 0.912. The molecule has 0 spiro atoms. The zero-order chi connectivity index (χ0) is 13.0. The number of benzene rings is 1. The summed E-state index contributed by atoms with van der Waals surface area (Å²) in [5.41, 5.74) is 7.53. The van der Waals surface area contributed by atoms with Crippen LogP contribution in [0.4, 0.5) is 5.69 Å². The summed E-state index contributed by atoms with van der Waals surface area (Å²) in [4.78, 5) is 15.2. The van der Waals surface area contributed by atoms with Gasteiger partial charge in [0.05, 0.1) is 12.2 Å². The molecule has 0 unspecified atom stereocenters. The largest absolute Gasteiger partial charge is 0.379 e. The van der Waals surface area contributed by atoms with E-state index in [0.29, 0.717) is 12.1 Å². The minimum absolute atomic E-state index is 0.420. The highest BCUT2D eigenvalue weighted by Gasteiger charge is 2.00. The monoisotopic (exact) mass is 305 g/mol. The maximum atomic E-state index is 10.9. The first-order valence-corrected chi connectivity index (χ1v) is 6.18. The molecule has 0 atom stereocenters. The standard InChI is InChI=1S/C13H12BrN3O/c14-10-3-6-12(16-7-10)8-17-11-4-1-9(2-5-11)13(15)18/h1-7,17H,8H2,(H2,15,18). The fraction of sp³-hybridized carbons (Fsp3) is 0.0769. The lowest BCUT2D eigenvalue weighted by Crippen LogP contribution is -2.10. The van der Waals surface area contributed by atoms with Gasteiger partial charge in [0.25, 0.3) is 0 Å². The molecule has 1 aromatic heterocycles. The number of nitrogens with two attached hydrogens (primary N) is 1. The number of amides is 1. The van der Waals surface area contributed by atoms with Crippen LogP contribution >= 0.6 is 15.9 Å². The van der Waals surface area contributed by atoms with E-state index in [1.165, 1.54) is 0 Å². The summed E-state index contributed by atoms with van der Waals surface area (Å²) in [5.74, 6) is -0.420. The highest BCUT2D eigenvalue weighted by molar-refractivity contribution is 9.10.